The predicted octanol–water partition coefficient (Wildman–Crippen LogP) is 14.3. The number of benzene rings is 10. The van der Waals surface area contributed by atoms with Crippen molar-refractivity contribution >= 4 is 70.9 Å². The van der Waals surface area contributed by atoms with Gasteiger partial charge in [0.2, 0.25) is 0 Å². The maximum Gasteiger partial charge on any atom is 0.0618 e. The summed E-state index contributed by atoms with van der Waals surface area (Å²) in [5, 5.41) is 12.8. The van der Waals surface area contributed by atoms with Gasteiger partial charge in [-0.1, -0.05) is 163 Å². The molecule has 0 saturated carbocycles. The first-order chi connectivity index (χ1) is 25.1. The molecule has 10 rings (SSSR count). The Morgan fingerprint density at radius 1 is 0.333 bits per heavy atom. The quantitative estimate of drug-likeness (QED) is 0.132. The van der Waals surface area contributed by atoms with E-state index in [4.69, 9.17) is 0 Å². The zero-order chi connectivity index (χ0) is 34.1. The summed E-state index contributed by atoms with van der Waals surface area (Å²) in [5.41, 5.74) is 11.0. The topological polar surface area (TPSA) is 3.24 Å². The molecular weight excluding hydrogens is 615 g/mol. The normalized spacial score (nSPS) is 11.7. The highest BCUT2D eigenvalue weighted by Crippen LogP contribution is 2.48. The van der Waals surface area contributed by atoms with E-state index < -0.39 is 0 Å². The van der Waals surface area contributed by atoms with E-state index in [1.807, 2.05) is 0 Å². The van der Waals surface area contributed by atoms with Crippen molar-refractivity contribution in [1.29, 1.82) is 0 Å². The van der Waals surface area contributed by atoms with Gasteiger partial charge >= 0.3 is 0 Å². The molecule has 0 bridgehead atoms. The standard InChI is InChI=1S/C50H35N/c1-32-14-26-39(27-15-32)51(40-28-16-33(2)17-29-40)50-45-12-5-3-10-42(45)48(43-11-4-6-13-46(43)50)37-20-18-34(19-21-37)41-30-24-38-23-22-35-8-7-9-36-25-31-44(41)49(38)47(35)36/h3-31H,1-2H3. The number of nitrogens with zero attached hydrogens (tertiary/aromatic N) is 1. The molecule has 0 amide bonds. The Hall–Kier alpha value is -6.44. The highest BCUT2D eigenvalue weighted by Gasteiger charge is 2.22. The molecule has 51 heavy (non-hydrogen) atoms. The van der Waals surface area contributed by atoms with Gasteiger partial charge in [-0.15, -0.1) is 0 Å². The molecule has 10 aromatic rings. The van der Waals surface area contributed by atoms with Crippen LogP contribution in [0.4, 0.5) is 17.1 Å². The Morgan fingerprint density at radius 3 is 1.37 bits per heavy atom. The van der Waals surface area contributed by atoms with Gasteiger partial charge < -0.3 is 4.90 Å². The molecule has 0 spiro atoms. The maximum atomic E-state index is 2.43. The first-order valence-corrected chi connectivity index (χ1v) is 17.8. The van der Waals surface area contributed by atoms with Crippen molar-refractivity contribution < 1.29 is 0 Å². The number of hydrogen-bond acceptors (Lipinski definition) is 1. The zero-order valence-electron chi connectivity index (χ0n) is 28.7. The van der Waals surface area contributed by atoms with Crippen LogP contribution < -0.4 is 4.90 Å². The van der Waals surface area contributed by atoms with Crippen molar-refractivity contribution in [2.75, 3.05) is 4.90 Å². The summed E-state index contributed by atoms with van der Waals surface area (Å²) in [4.78, 5) is 2.43. The van der Waals surface area contributed by atoms with Crippen LogP contribution in [-0.4, -0.2) is 0 Å². The summed E-state index contributed by atoms with van der Waals surface area (Å²) in [6.07, 6.45) is 0. The van der Waals surface area contributed by atoms with Crippen LogP contribution in [0.2, 0.25) is 0 Å². The maximum absolute atomic E-state index is 2.43. The minimum atomic E-state index is 1.14. The van der Waals surface area contributed by atoms with Gasteiger partial charge in [-0.3, -0.25) is 0 Å². The monoisotopic (exact) mass is 649 g/mol. The average molecular weight is 650 g/mol. The first kappa shape index (κ1) is 29.5. The second-order valence-corrected chi connectivity index (χ2v) is 13.9. The van der Waals surface area contributed by atoms with Crippen molar-refractivity contribution in [2.45, 2.75) is 13.8 Å². The lowest BCUT2D eigenvalue weighted by Gasteiger charge is -2.29. The third kappa shape index (κ3) is 4.70. The third-order valence-electron chi connectivity index (χ3n) is 10.7. The van der Waals surface area contributed by atoms with Crippen LogP contribution in [0.5, 0.6) is 0 Å². The SMILES string of the molecule is Cc1ccc(N(c2ccc(C)cc2)c2c3ccccc3c(-c3ccc(-c4ccc5ccc6cccc7ccc4c5c67)cc3)c3ccccc23)cc1. The lowest BCUT2D eigenvalue weighted by Crippen LogP contribution is -2.11. The molecule has 0 saturated heterocycles. The lowest BCUT2D eigenvalue weighted by atomic mass is 9.88. The average Bonchev–Trinajstić information content (AvgIpc) is 3.18. The fourth-order valence-corrected chi connectivity index (χ4v) is 8.26. The van der Waals surface area contributed by atoms with Gasteiger partial charge in [-0.25, -0.2) is 0 Å². The molecule has 0 unspecified atom stereocenters. The Kier molecular flexibility index (Phi) is 6.69. The van der Waals surface area contributed by atoms with Crippen LogP contribution in [0.1, 0.15) is 11.1 Å². The summed E-state index contributed by atoms with van der Waals surface area (Å²) in [6, 6.07) is 65.2. The van der Waals surface area contributed by atoms with Gasteiger partial charge in [0.1, 0.15) is 0 Å². The fraction of sp³-hybridized carbons (Fsp3) is 0.0400. The van der Waals surface area contributed by atoms with Gasteiger partial charge in [0.15, 0.2) is 0 Å². The van der Waals surface area contributed by atoms with Gasteiger partial charge in [-0.05, 0) is 103 Å². The predicted molar refractivity (Wildman–Crippen MR) is 220 cm³/mol. The summed E-state index contributed by atoms with van der Waals surface area (Å²) >= 11 is 0. The van der Waals surface area contributed by atoms with E-state index in [1.165, 1.54) is 92.9 Å². The van der Waals surface area contributed by atoms with Crippen LogP contribution in [0.25, 0.3) is 76.1 Å². The highest BCUT2D eigenvalue weighted by atomic mass is 15.1. The van der Waals surface area contributed by atoms with Crippen molar-refractivity contribution in [3.05, 3.63) is 187 Å². The van der Waals surface area contributed by atoms with E-state index in [-0.39, 0.29) is 0 Å². The highest BCUT2D eigenvalue weighted by molar-refractivity contribution is 6.26. The number of aryl methyl sites for hydroxylation is 2. The van der Waals surface area contributed by atoms with Crippen molar-refractivity contribution in [2.24, 2.45) is 0 Å². The second-order valence-electron chi connectivity index (χ2n) is 13.9. The molecule has 0 atom stereocenters. The number of fused-ring (bicyclic) bond motifs is 2. The van der Waals surface area contributed by atoms with E-state index >= 15 is 0 Å². The Labute approximate surface area is 298 Å². The van der Waals surface area contributed by atoms with Gasteiger partial charge in [0.05, 0.1) is 5.69 Å². The van der Waals surface area contributed by atoms with Crippen LogP contribution in [0, 0.1) is 13.8 Å². The molecule has 0 fully saturated rings. The molecule has 1 heteroatoms. The molecule has 0 aliphatic heterocycles. The molecule has 1 nitrogen and oxygen atoms in total. The van der Waals surface area contributed by atoms with Gasteiger partial charge in [-0.2, -0.15) is 0 Å². The van der Waals surface area contributed by atoms with E-state index in [2.05, 4.69) is 195 Å². The lowest BCUT2D eigenvalue weighted by molar-refractivity contribution is 1.29. The zero-order valence-corrected chi connectivity index (χ0v) is 28.7. The summed E-state index contributed by atoms with van der Waals surface area (Å²) in [6.45, 7) is 4.30. The van der Waals surface area contributed by atoms with Gasteiger partial charge in [0.25, 0.3) is 0 Å². The Morgan fingerprint density at radius 2 is 0.804 bits per heavy atom. The molecular formula is C50H35N. The third-order valence-corrected chi connectivity index (χ3v) is 10.7. The minimum absolute atomic E-state index is 1.14. The van der Waals surface area contributed by atoms with E-state index in [9.17, 15) is 0 Å². The summed E-state index contributed by atoms with van der Waals surface area (Å²) < 4.78 is 0. The van der Waals surface area contributed by atoms with Gasteiger partial charge in [0, 0.05) is 22.1 Å². The Bertz CT molecular complexity index is 2780. The molecule has 0 radical (unpaired) electrons. The molecule has 0 heterocycles. The summed E-state index contributed by atoms with van der Waals surface area (Å²) in [5.74, 6) is 0. The second kappa shape index (κ2) is 11.6. The molecule has 0 N–H and O–H groups in total. The van der Waals surface area contributed by atoms with Crippen molar-refractivity contribution in [3.8, 4) is 22.3 Å². The van der Waals surface area contributed by atoms with E-state index in [1.54, 1.807) is 0 Å². The largest absolute Gasteiger partial charge is 0.309 e. The van der Waals surface area contributed by atoms with Crippen molar-refractivity contribution in [1.82, 2.24) is 0 Å². The minimum Gasteiger partial charge on any atom is -0.309 e. The smallest absolute Gasteiger partial charge is 0.0618 e. The van der Waals surface area contributed by atoms with Crippen molar-refractivity contribution in [3.63, 3.8) is 0 Å². The molecule has 0 aromatic heterocycles. The van der Waals surface area contributed by atoms with E-state index in [0.717, 1.165) is 11.4 Å². The fourth-order valence-electron chi connectivity index (χ4n) is 8.26. The number of rotatable bonds is 5. The van der Waals surface area contributed by atoms with Crippen LogP contribution in [0.15, 0.2) is 176 Å². The Balaban J connectivity index is 1.18. The molecule has 240 valence electrons. The number of hydrogen-bond donors (Lipinski definition) is 0. The first-order valence-electron chi connectivity index (χ1n) is 17.8. The molecule has 0 aliphatic rings. The molecule has 10 aromatic carbocycles. The van der Waals surface area contributed by atoms with Crippen LogP contribution in [-0.2, 0) is 0 Å². The summed E-state index contributed by atoms with van der Waals surface area (Å²) in [7, 11) is 0. The number of anilines is 3. The molecule has 0 aliphatic carbocycles. The van der Waals surface area contributed by atoms with Crippen LogP contribution >= 0.6 is 0 Å². The van der Waals surface area contributed by atoms with E-state index in [0.29, 0.717) is 0 Å². The van der Waals surface area contributed by atoms with Crippen LogP contribution in [0.3, 0.4) is 0 Å².